The summed E-state index contributed by atoms with van der Waals surface area (Å²) in [5, 5.41) is 0. The summed E-state index contributed by atoms with van der Waals surface area (Å²) >= 11 is 0. The molecule has 0 aliphatic rings. The van der Waals surface area contributed by atoms with Crippen molar-refractivity contribution in [2.75, 3.05) is 0 Å². The second-order valence-electron chi connectivity index (χ2n) is 3.69. The molecule has 17 heavy (non-hydrogen) atoms. The predicted octanol–water partition coefficient (Wildman–Crippen LogP) is 1.17. The second-order valence-corrected chi connectivity index (χ2v) is 3.69. The molecule has 92 valence electrons. The van der Waals surface area contributed by atoms with Gasteiger partial charge in [-0.3, -0.25) is 9.59 Å². The number of esters is 1. The lowest BCUT2D eigenvalue weighted by atomic mass is 10.1. The summed E-state index contributed by atoms with van der Waals surface area (Å²) in [5.41, 5.74) is 0.898. The van der Waals surface area contributed by atoms with Gasteiger partial charge in [0.2, 0.25) is 0 Å². The van der Waals surface area contributed by atoms with Crippen molar-refractivity contribution in [2.45, 2.75) is 20.0 Å². The van der Waals surface area contributed by atoms with E-state index >= 15 is 0 Å². The van der Waals surface area contributed by atoms with Gasteiger partial charge < -0.3 is 9.57 Å². The Bertz CT molecular complexity index is 377. The smallest absolute Gasteiger partial charge is 0.325 e. The maximum absolute atomic E-state index is 11.5. The third kappa shape index (κ3) is 4.65. The van der Waals surface area contributed by atoms with Gasteiger partial charge in [-0.15, -0.1) is 0 Å². The van der Waals surface area contributed by atoms with Crippen LogP contribution in [0.25, 0.3) is 0 Å². The maximum atomic E-state index is 11.5. The van der Waals surface area contributed by atoms with Gasteiger partial charge in [0, 0.05) is 0 Å². The molecule has 1 aromatic carbocycles. The highest BCUT2D eigenvalue weighted by Crippen LogP contribution is 2.08. The lowest BCUT2D eigenvalue weighted by Crippen LogP contribution is -2.21. The van der Waals surface area contributed by atoms with Crippen molar-refractivity contribution >= 4 is 11.9 Å². The number of rotatable bonds is 5. The highest BCUT2D eigenvalue weighted by atomic mass is 16.7. The van der Waals surface area contributed by atoms with E-state index in [2.05, 4.69) is 10.7 Å². The van der Waals surface area contributed by atoms with Crippen molar-refractivity contribution in [1.82, 2.24) is 0 Å². The normalized spacial score (nSPS) is 11.6. The summed E-state index contributed by atoms with van der Waals surface area (Å²) in [7, 11) is 0. The van der Waals surface area contributed by atoms with Gasteiger partial charge in [-0.05, 0) is 5.56 Å². The average molecular weight is 237 g/mol. The molecule has 0 aromatic heterocycles. The highest BCUT2D eigenvalue weighted by molar-refractivity contribution is 5.79. The van der Waals surface area contributed by atoms with Gasteiger partial charge in [0.1, 0.15) is 6.61 Å². The standard InChI is InChI=1S/C12H15NO4/c1-9(7-11(14)17-13)12(15)16-8-10-5-3-2-4-6-10/h2-6,9H,7-8,13H2,1H3. The molecule has 0 heterocycles. The molecular formula is C12H15NO4. The molecule has 0 aliphatic carbocycles. The fraction of sp³-hybridized carbons (Fsp3) is 0.333. The van der Waals surface area contributed by atoms with Crippen molar-refractivity contribution < 1.29 is 19.2 Å². The lowest BCUT2D eigenvalue weighted by molar-refractivity contribution is -0.155. The molecule has 0 radical (unpaired) electrons. The zero-order valence-corrected chi connectivity index (χ0v) is 9.59. The first kappa shape index (κ1) is 13.2. The third-order valence-electron chi connectivity index (χ3n) is 2.23. The van der Waals surface area contributed by atoms with Crippen LogP contribution in [0.2, 0.25) is 0 Å². The molecule has 0 aliphatic heterocycles. The van der Waals surface area contributed by atoms with E-state index in [0.717, 1.165) is 5.56 Å². The molecule has 0 saturated heterocycles. The van der Waals surface area contributed by atoms with Crippen LogP contribution in [0.15, 0.2) is 30.3 Å². The molecule has 0 saturated carbocycles. The molecule has 5 nitrogen and oxygen atoms in total. The Labute approximate surface area is 99.5 Å². The van der Waals surface area contributed by atoms with Crippen LogP contribution in [0.4, 0.5) is 0 Å². The van der Waals surface area contributed by atoms with Gasteiger partial charge in [0.15, 0.2) is 0 Å². The van der Waals surface area contributed by atoms with Crippen molar-refractivity contribution in [3.05, 3.63) is 35.9 Å². The van der Waals surface area contributed by atoms with Crippen LogP contribution >= 0.6 is 0 Å². The van der Waals surface area contributed by atoms with Gasteiger partial charge in [0.05, 0.1) is 12.3 Å². The van der Waals surface area contributed by atoms with Gasteiger partial charge >= 0.3 is 11.9 Å². The van der Waals surface area contributed by atoms with Crippen LogP contribution in [0, 0.1) is 5.92 Å². The van der Waals surface area contributed by atoms with Crippen LogP contribution < -0.4 is 5.90 Å². The summed E-state index contributed by atoms with van der Waals surface area (Å²) in [6.45, 7) is 1.78. The number of carbonyl (C=O) groups is 2. The number of ether oxygens (including phenoxy) is 1. The van der Waals surface area contributed by atoms with E-state index in [4.69, 9.17) is 4.74 Å². The predicted molar refractivity (Wildman–Crippen MR) is 60.3 cm³/mol. The van der Waals surface area contributed by atoms with E-state index < -0.39 is 17.9 Å². The highest BCUT2D eigenvalue weighted by Gasteiger charge is 2.19. The van der Waals surface area contributed by atoms with E-state index in [1.54, 1.807) is 6.92 Å². The Morgan fingerprint density at radius 1 is 1.29 bits per heavy atom. The first-order chi connectivity index (χ1) is 8.13. The number of hydrogen-bond donors (Lipinski definition) is 1. The molecule has 2 N–H and O–H groups in total. The SMILES string of the molecule is CC(CC(=O)ON)C(=O)OCc1ccccc1. The Hall–Kier alpha value is -1.88. The topological polar surface area (TPSA) is 78.6 Å². The van der Waals surface area contributed by atoms with E-state index in [0.29, 0.717) is 0 Å². The van der Waals surface area contributed by atoms with E-state index in [9.17, 15) is 9.59 Å². The summed E-state index contributed by atoms with van der Waals surface area (Å²) in [5.74, 6) is 3.05. The van der Waals surface area contributed by atoms with Crippen molar-refractivity contribution in [3.8, 4) is 0 Å². The molecule has 1 atom stereocenters. The minimum absolute atomic E-state index is 0.0792. The molecule has 0 amide bonds. The number of benzene rings is 1. The third-order valence-corrected chi connectivity index (χ3v) is 2.23. The van der Waals surface area contributed by atoms with Crippen molar-refractivity contribution in [1.29, 1.82) is 0 Å². The Balaban J connectivity index is 2.37. The minimum Gasteiger partial charge on any atom is -0.461 e. The first-order valence-corrected chi connectivity index (χ1v) is 5.23. The Morgan fingerprint density at radius 2 is 1.94 bits per heavy atom. The van der Waals surface area contributed by atoms with E-state index in [1.807, 2.05) is 30.3 Å². The van der Waals surface area contributed by atoms with E-state index in [1.165, 1.54) is 0 Å². The lowest BCUT2D eigenvalue weighted by Gasteiger charge is -2.09. The Morgan fingerprint density at radius 3 is 2.53 bits per heavy atom. The van der Waals surface area contributed by atoms with E-state index in [-0.39, 0.29) is 13.0 Å². The molecule has 1 rings (SSSR count). The van der Waals surface area contributed by atoms with Crippen molar-refractivity contribution in [2.24, 2.45) is 11.8 Å². The second kappa shape index (κ2) is 6.65. The van der Waals surface area contributed by atoms with Gasteiger partial charge in [-0.2, -0.15) is 5.90 Å². The molecule has 0 spiro atoms. The zero-order chi connectivity index (χ0) is 12.7. The van der Waals surface area contributed by atoms with Crippen LogP contribution in [0.1, 0.15) is 18.9 Å². The fourth-order valence-corrected chi connectivity index (χ4v) is 1.25. The molecule has 1 aromatic rings. The molecule has 5 heteroatoms. The summed E-state index contributed by atoms with van der Waals surface area (Å²) in [4.78, 5) is 26.3. The van der Waals surface area contributed by atoms with Gasteiger partial charge in [0.25, 0.3) is 0 Å². The van der Waals surface area contributed by atoms with Crippen LogP contribution in [-0.4, -0.2) is 11.9 Å². The monoisotopic (exact) mass is 237 g/mol. The van der Waals surface area contributed by atoms with Crippen LogP contribution in [0.3, 0.4) is 0 Å². The average Bonchev–Trinajstić information content (AvgIpc) is 2.36. The molecule has 0 fully saturated rings. The quantitative estimate of drug-likeness (QED) is 0.614. The maximum Gasteiger partial charge on any atom is 0.325 e. The number of nitrogens with two attached hydrogens (primary N) is 1. The summed E-state index contributed by atoms with van der Waals surface area (Å²) < 4.78 is 5.05. The number of hydrogen-bond acceptors (Lipinski definition) is 5. The minimum atomic E-state index is -0.630. The molecule has 1 unspecified atom stereocenters. The van der Waals surface area contributed by atoms with Crippen LogP contribution in [-0.2, 0) is 25.8 Å². The first-order valence-electron chi connectivity index (χ1n) is 5.23. The zero-order valence-electron chi connectivity index (χ0n) is 9.59. The van der Waals surface area contributed by atoms with Crippen LogP contribution in [0.5, 0.6) is 0 Å². The largest absolute Gasteiger partial charge is 0.461 e. The van der Waals surface area contributed by atoms with Gasteiger partial charge in [-0.25, -0.2) is 0 Å². The fourth-order valence-electron chi connectivity index (χ4n) is 1.25. The molecule has 0 bridgehead atoms. The van der Waals surface area contributed by atoms with Crippen molar-refractivity contribution in [3.63, 3.8) is 0 Å². The number of carbonyl (C=O) groups excluding carboxylic acids is 2. The summed E-state index contributed by atoms with van der Waals surface area (Å²) in [6, 6.07) is 9.31. The Kier molecular flexibility index (Phi) is 5.16. The summed E-state index contributed by atoms with van der Waals surface area (Å²) in [6.07, 6.45) is -0.0792. The van der Waals surface area contributed by atoms with Gasteiger partial charge in [-0.1, -0.05) is 37.3 Å². The molecular weight excluding hydrogens is 222 g/mol.